The van der Waals surface area contributed by atoms with Gasteiger partial charge >= 0.3 is 0 Å². The van der Waals surface area contributed by atoms with E-state index in [1.807, 2.05) is 24.3 Å². The van der Waals surface area contributed by atoms with Crippen molar-refractivity contribution in [2.24, 2.45) is 0 Å². The highest BCUT2D eigenvalue weighted by Crippen LogP contribution is 2.10. The highest BCUT2D eigenvalue weighted by molar-refractivity contribution is 5.25. The van der Waals surface area contributed by atoms with E-state index < -0.39 is 0 Å². The fraction of sp³-hybridized carbons (Fsp3) is 0.250. The molecule has 3 heteroatoms. The van der Waals surface area contributed by atoms with Crippen molar-refractivity contribution in [3.8, 4) is 5.75 Å². The molecule has 0 saturated heterocycles. The molecule has 2 aromatic rings. The molecule has 0 fully saturated rings. The summed E-state index contributed by atoms with van der Waals surface area (Å²) in [4.78, 5) is 0. The summed E-state index contributed by atoms with van der Waals surface area (Å²) < 4.78 is 12.8. The highest BCUT2D eigenvalue weighted by Gasteiger charge is 2.03. The first-order valence-corrected chi connectivity index (χ1v) is 6.39. The first kappa shape index (κ1) is 13.6. The Morgan fingerprint density at radius 2 is 1.58 bits per heavy atom. The van der Waals surface area contributed by atoms with E-state index in [1.165, 1.54) is 12.1 Å². The molecule has 100 valence electrons. The zero-order chi connectivity index (χ0) is 13.7. The van der Waals surface area contributed by atoms with Crippen molar-refractivity contribution in [3.05, 3.63) is 65.5 Å². The monoisotopic (exact) mass is 259 g/mol. The summed E-state index contributed by atoms with van der Waals surface area (Å²) in [6.07, 6.45) is 0.859. The van der Waals surface area contributed by atoms with Crippen LogP contribution in [0.2, 0.25) is 0 Å². The lowest BCUT2D eigenvalue weighted by molar-refractivity contribution is 0.474. The molecule has 0 aliphatic rings. The van der Waals surface area contributed by atoms with E-state index in [1.54, 1.807) is 12.1 Å². The van der Waals surface area contributed by atoms with E-state index in [-0.39, 0.29) is 11.6 Å². The Morgan fingerprint density at radius 3 is 2.21 bits per heavy atom. The van der Waals surface area contributed by atoms with Crippen LogP contribution in [0.1, 0.15) is 18.1 Å². The van der Waals surface area contributed by atoms with Gasteiger partial charge in [-0.15, -0.1) is 0 Å². The molecule has 2 rings (SSSR count). The van der Waals surface area contributed by atoms with Gasteiger partial charge in [0, 0.05) is 12.6 Å². The molecule has 0 spiro atoms. The summed E-state index contributed by atoms with van der Waals surface area (Å²) >= 11 is 0. The van der Waals surface area contributed by atoms with Crippen molar-refractivity contribution in [1.82, 2.24) is 5.32 Å². The number of halogens is 1. The maximum atomic E-state index is 12.8. The number of rotatable bonds is 5. The maximum Gasteiger partial charge on any atom is 0.123 e. The van der Waals surface area contributed by atoms with E-state index in [9.17, 15) is 9.50 Å². The summed E-state index contributed by atoms with van der Waals surface area (Å²) in [6.45, 7) is 2.85. The van der Waals surface area contributed by atoms with Gasteiger partial charge in [0.1, 0.15) is 11.6 Å². The third-order valence-corrected chi connectivity index (χ3v) is 3.05. The zero-order valence-electron chi connectivity index (χ0n) is 10.9. The Balaban J connectivity index is 1.82. The third kappa shape index (κ3) is 4.38. The Kier molecular flexibility index (Phi) is 4.53. The lowest BCUT2D eigenvalue weighted by atomic mass is 10.1. The molecule has 1 unspecified atom stereocenters. The number of aromatic hydroxyl groups is 1. The predicted octanol–water partition coefficient (Wildman–Crippen LogP) is 3.25. The van der Waals surface area contributed by atoms with Crippen LogP contribution in [0.25, 0.3) is 0 Å². The van der Waals surface area contributed by atoms with Crippen molar-refractivity contribution in [2.45, 2.75) is 25.9 Å². The molecule has 0 aliphatic heterocycles. The molecule has 0 saturated carbocycles. The first-order valence-electron chi connectivity index (χ1n) is 6.39. The Hall–Kier alpha value is -1.87. The molecule has 0 radical (unpaired) electrons. The molecule has 2 N–H and O–H groups in total. The van der Waals surface area contributed by atoms with Gasteiger partial charge in [0.05, 0.1) is 0 Å². The van der Waals surface area contributed by atoms with Crippen LogP contribution >= 0.6 is 0 Å². The van der Waals surface area contributed by atoms with Crippen LogP contribution in [0.15, 0.2) is 48.5 Å². The molecule has 0 amide bonds. The van der Waals surface area contributed by atoms with Gasteiger partial charge in [-0.05, 0) is 48.7 Å². The molecule has 2 nitrogen and oxygen atoms in total. The Bertz CT molecular complexity index is 507. The number of hydrogen-bond acceptors (Lipinski definition) is 2. The summed E-state index contributed by atoms with van der Waals surface area (Å²) in [6, 6.07) is 14.1. The lowest BCUT2D eigenvalue weighted by Crippen LogP contribution is -2.27. The van der Waals surface area contributed by atoms with Crippen LogP contribution in [0, 0.1) is 5.82 Å². The van der Waals surface area contributed by atoms with E-state index >= 15 is 0 Å². The zero-order valence-corrected chi connectivity index (χ0v) is 10.9. The summed E-state index contributed by atoms with van der Waals surface area (Å²) in [5.74, 6) is 0.0802. The minimum Gasteiger partial charge on any atom is -0.508 e. The summed E-state index contributed by atoms with van der Waals surface area (Å²) in [7, 11) is 0. The molecule has 2 aromatic carbocycles. The minimum absolute atomic E-state index is 0.201. The summed E-state index contributed by atoms with van der Waals surface area (Å²) in [5.41, 5.74) is 2.25. The van der Waals surface area contributed by atoms with Gasteiger partial charge in [-0.1, -0.05) is 24.3 Å². The summed E-state index contributed by atoms with van der Waals surface area (Å²) in [5, 5.41) is 12.6. The molecule has 19 heavy (non-hydrogen) atoms. The third-order valence-electron chi connectivity index (χ3n) is 3.05. The highest BCUT2D eigenvalue weighted by atomic mass is 19.1. The molecule has 0 bridgehead atoms. The molecule has 0 heterocycles. The first-order chi connectivity index (χ1) is 9.13. The van der Waals surface area contributed by atoms with Crippen molar-refractivity contribution >= 4 is 0 Å². The van der Waals surface area contributed by atoms with Crippen molar-refractivity contribution in [3.63, 3.8) is 0 Å². The van der Waals surface area contributed by atoms with Gasteiger partial charge in [0.2, 0.25) is 0 Å². The van der Waals surface area contributed by atoms with Gasteiger partial charge in [-0.25, -0.2) is 4.39 Å². The predicted molar refractivity (Wildman–Crippen MR) is 74.5 cm³/mol. The fourth-order valence-corrected chi connectivity index (χ4v) is 1.95. The number of hydrogen-bond donors (Lipinski definition) is 2. The molecule has 0 aliphatic carbocycles. The molecule has 0 aromatic heterocycles. The van der Waals surface area contributed by atoms with Crippen LogP contribution in [-0.4, -0.2) is 11.1 Å². The van der Waals surface area contributed by atoms with E-state index in [0.717, 1.165) is 24.1 Å². The SMILES string of the molecule is CC(Cc1ccc(F)cc1)NCc1ccc(O)cc1. The lowest BCUT2D eigenvalue weighted by Gasteiger charge is -2.14. The standard InChI is InChI=1S/C16H18FNO/c1-12(10-13-2-6-15(17)7-3-13)18-11-14-4-8-16(19)9-5-14/h2-9,12,18-19H,10-11H2,1H3. The van der Waals surface area contributed by atoms with Crippen molar-refractivity contribution in [1.29, 1.82) is 0 Å². The number of phenolic OH excluding ortho intramolecular Hbond substituents is 1. The average molecular weight is 259 g/mol. The largest absolute Gasteiger partial charge is 0.508 e. The maximum absolute atomic E-state index is 12.8. The van der Waals surface area contributed by atoms with Crippen LogP contribution in [-0.2, 0) is 13.0 Å². The van der Waals surface area contributed by atoms with Gasteiger partial charge in [0.15, 0.2) is 0 Å². The topological polar surface area (TPSA) is 32.3 Å². The van der Waals surface area contributed by atoms with Crippen LogP contribution in [0.3, 0.4) is 0 Å². The second-order valence-corrected chi connectivity index (χ2v) is 4.78. The average Bonchev–Trinajstić information content (AvgIpc) is 2.41. The van der Waals surface area contributed by atoms with Crippen LogP contribution in [0.4, 0.5) is 4.39 Å². The number of phenols is 1. The van der Waals surface area contributed by atoms with Crippen LogP contribution in [0.5, 0.6) is 5.75 Å². The normalized spacial score (nSPS) is 12.3. The van der Waals surface area contributed by atoms with Gasteiger partial charge in [-0.2, -0.15) is 0 Å². The minimum atomic E-state index is -0.201. The van der Waals surface area contributed by atoms with E-state index in [2.05, 4.69) is 12.2 Å². The fourth-order valence-electron chi connectivity index (χ4n) is 1.95. The van der Waals surface area contributed by atoms with Crippen molar-refractivity contribution < 1.29 is 9.50 Å². The second-order valence-electron chi connectivity index (χ2n) is 4.78. The van der Waals surface area contributed by atoms with Gasteiger partial charge in [-0.3, -0.25) is 0 Å². The number of nitrogens with one attached hydrogen (secondary N) is 1. The Labute approximate surface area is 112 Å². The molecule has 1 atom stereocenters. The quantitative estimate of drug-likeness (QED) is 0.864. The molecular weight excluding hydrogens is 241 g/mol. The second kappa shape index (κ2) is 6.34. The van der Waals surface area contributed by atoms with Gasteiger partial charge < -0.3 is 10.4 Å². The smallest absolute Gasteiger partial charge is 0.123 e. The van der Waals surface area contributed by atoms with Crippen LogP contribution < -0.4 is 5.32 Å². The Morgan fingerprint density at radius 1 is 1.00 bits per heavy atom. The molecular formula is C16H18FNO. The van der Waals surface area contributed by atoms with Crippen molar-refractivity contribution in [2.75, 3.05) is 0 Å². The van der Waals surface area contributed by atoms with E-state index in [0.29, 0.717) is 6.04 Å². The van der Waals surface area contributed by atoms with Gasteiger partial charge in [0.25, 0.3) is 0 Å². The number of benzene rings is 2. The van der Waals surface area contributed by atoms with E-state index in [4.69, 9.17) is 0 Å².